The lowest BCUT2D eigenvalue weighted by Gasteiger charge is -2.37. The number of rotatable bonds is 1. The summed E-state index contributed by atoms with van der Waals surface area (Å²) in [6, 6.07) is 8.43. The summed E-state index contributed by atoms with van der Waals surface area (Å²) >= 11 is 0. The number of nitrogens with one attached hydrogen (secondary N) is 1. The van der Waals surface area contributed by atoms with E-state index in [1.165, 1.54) is 11.1 Å². The van der Waals surface area contributed by atoms with Crippen molar-refractivity contribution in [2.24, 2.45) is 0 Å². The van der Waals surface area contributed by atoms with Crippen LogP contribution in [0.3, 0.4) is 0 Å². The summed E-state index contributed by atoms with van der Waals surface area (Å²) in [6.07, 6.45) is 2.90. The molecule has 1 heterocycles. The van der Waals surface area contributed by atoms with Gasteiger partial charge in [0, 0.05) is 19.1 Å². The first-order chi connectivity index (χ1) is 9.28. The van der Waals surface area contributed by atoms with Crippen LogP contribution in [0.5, 0.6) is 0 Å². The molecule has 1 aliphatic carbocycles. The first kappa shape index (κ1) is 12.2. The summed E-state index contributed by atoms with van der Waals surface area (Å²) in [5.74, 6) is 0.216. The third-order valence-corrected chi connectivity index (χ3v) is 4.10. The van der Waals surface area contributed by atoms with Gasteiger partial charge < -0.3 is 10.2 Å². The van der Waals surface area contributed by atoms with Crippen molar-refractivity contribution in [1.29, 1.82) is 5.26 Å². The van der Waals surface area contributed by atoms with E-state index in [4.69, 9.17) is 5.26 Å². The third-order valence-electron chi connectivity index (χ3n) is 4.10. The molecule has 1 fully saturated rings. The lowest BCUT2D eigenvalue weighted by molar-refractivity contribution is -0.134. The second kappa shape index (κ2) is 5.02. The van der Waals surface area contributed by atoms with Crippen LogP contribution in [0, 0.1) is 11.3 Å². The zero-order valence-electron chi connectivity index (χ0n) is 10.9. The van der Waals surface area contributed by atoms with E-state index in [2.05, 4.69) is 11.4 Å². The molecule has 4 nitrogen and oxygen atoms in total. The highest BCUT2D eigenvalue weighted by Gasteiger charge is 2.29. The number of carbonyl (C=O) groups is 1. The van der Waals surface area contributed by atoms with Crippen molar-refractivity contribution in [3.63, 3.8) is 0 Å². The Labute approximate surface area is 113 Å². The van der Waals surface area contributed by atoms with Gasteiger partial charge in [0.2, 0.25) is 5.91 Å². The van der Waals surface area contributed by atoms with E-state index in [0.29, 0.717) is 12.6 Å². The van der Waals surface area contributed by atoms with Gasteiger partial charge in [-0.05, 0) is 42.5 Å². The van der Waals surface area contributed by atoms with Crippen molar-refractivity contribution in [3.05, 3.63) is 34.9 Å². The van der Waals surface area contributed by atoms with Crippen molar-refractivity contribution in [2.75, 3.05) is 19.6 Å². The fourth-order valence-electron chi connectivity index (χ4n) is 3.08. The summed E-state index contributed by atoms with van der Waals surface area (Å²) < 4.78 is 0. The van der Waals surface area contributed by atoms with Crippen LogP contribution in [0.1, 0.15) is 23.1 Å². The van der Waals surface area contributed by atoms with Gasteiger partial charge in [-0.1, -0.05) is 6.07 Å². The number of carbonyl (C=O) groups excluding carboxylic acids is 1. The third kappa shape index (κ3) is 2.34. The molecule has 0 spiro atoms. The minimum atomic E-state index is 0.216. The van der Waals surface area contributed by atoms with Crippen LogP contribution >= 0.6 is 0 Å². The second-order valence-corrected chi connectivity index (χ2v) is 5.26. The maximum absolute atomic E-state index is 11.9. The van der Waals surface area contributed by atoms with Gasteiger partial charge in [0.05, 0.1) is 18.2 Å². The smallest absolute Gasteiger partial charge is 0.236 e. The molecule has 0 saturated carbocycles. The molecular weight excluding hydrogens is 238 g/mol. The number of aryl methyl sites for hydroxylation is 1. The van der Waals surface area contributed by atoms with Crippen LogP contribution in [0.15, 0.2) is 18.2 Å². The summed E-state index contributed by atoms with van der Waals surface area (Å²) in [5, 5.41) is 12.0. The van der Waals surface area contributed by atoms with E-state index in [-0.39, 0.29) is 5.91 Å². The van der Waals surface area contributed by atoms with Crippen molar-refractivity contribution in [3.8, 4) is 6.07 Å². The number of nitriles is 1. The summed E-state index contributed by atoms with van der Waals surface area (Å²) in [4.78, 5) is 14.0. The number of amides is 1. The Morgan fingerprint density at radius 3 is 3.05 bits per heavy atom. The minimum Gasteiger partial charge on any atom is -0.337 e. The molecular formula is C15H17N3O. The van der Waals surface area contributed by atoms with Crippen LogP contribution < -0.4 is 5.32 Å². The normalized spacial score (nSPS) is 22.8. The molecule has 1 aromatic carbocycles. The molecule has 1 amide bonds. The van der Waals surface area contributed by atoms with Gasteiger partial charge in [0.15, 0.2) is 0 Å². The zero-order chi connectivity index (χ0) is 13.2. The van der Waals surface area contributed by atoms with E-state index in [1.807, 2.05) is 23.1 Å². The van der Waals surface area contributed by atoms with Crippen molar-refractivity contribution in [1.82, 2.24) is 10.2 Å². The van der Waals surface area contributed by atoms with E-state index in [9.17, 15) is 4.79 Å². The Balaban J connectivity index is 1.78. The second-order valence-electron chi connectivity index (χ2n) is 5.26. The van der Waals surface area contributed by atoms with Crippen LogP contribution in [0.25, 0.3) is 0 Å². The highest BCUT2D eigenvalue weighted by atomic mass is 16.2. The van der Waals surface area contributed by atoms with E-state index < -0.39 is 0 Å². The highest BCUT2D eigenvalue weighted by molar-refractivity contribution is 5.79. The largest absolute Gasteiger partial charge is 0.337 e. The van der Waals surface area contributed by atoms with Crippen molar-refractivity contribution < 1.29 is 4.79 Å². The molecule has 1 aromatic rings. The molecule has 3 rings (SSSR count). The molecule has 0 bridgehead atoms. The first-order valence-corrected chi connectivity index (χ1v) is 6.80. The molecule has 1 aliphatic heterocycles. The predicted molar refractivity (Wildman–Crippen MR) is 71.6 cm³/mol. The molecule has 0 aromatic heterocycles. The van der Waals surface area contributed by atoms with E-state index in [0.717, 1.165) is 37.9 Å². The Bertz CT molecular complexity index is 547. The Morgan fingerprint density at radius 2 is 2.26 bits per heavy atom. The van der Waals surface area contributed by atoms with Crippen LogP contribution in [0.2, 0.25) is 0 Å². The summed E-state index contributed by atoms with van der Waals surface area (Å²) in [6.45, 7) is 2.17. The fourth-order valence-corrected chi connectivity index (χ4v) is 3.08. The van der Waals surface area contributed by atoms with Gasteiger partial charge >= 0.3 is 0 Å². The topological polar surface area (TPSA) is 56.1 Å². The molecule has 1 atom stereocenters. The van der Waals surface area contributed by atoms with Gasteiger partial charge in [-0.3, -0.25) is 4.79 Å². The van der Waals surface area contributed by atoms with E-state index >= 15 is 0 Å². The van der Waals surface area contributed by atoms with Crippen LogP contribution in [-0.4, -0.2) is 36.5 Å². The number of hydrogen-bond donors (Lipinski definition) is 1. The van der Waals surface area contributed by atoms with Crippen molar-refractivity contribution in [2.45, 2.75) is 25.3 Å². The highest BCUT2D eigenvalue weighted by Crippen LogP contribution is 2.25. The number of nitrogens with zero attached hydrogens (tertiary/aromatic N) is 2. The zero-order valence-corrected chi connectivity index (χ0v) is 10.9. The van der Waals surface area contributed by atoms with Crippen LogP contribution in [0.4, 0.5) is 0 Å². The van der Waals surface area contributed by atoms with Gasteiger partial charge in [0.25, 0.3) is 0 Å². The fraction of sp³-hybridized carbons (Fsp3) is 0.467. The first-order valence-electron chi connectivity index (χ1n) is 6.80. The molecule has 1 N–H and O–H groups in total. The van der Waals surface area contributed by atoms with Crippen LogP contribution in [-0.2, 0) is 17.6 Å². The lowest BCUT2D eigenvalue weighted by atomic mass is 9.86. The maximum Gasteiger partial charge on any atom is 0.236 e. The molecule has 0 unspecified atom stereocenters. The standard InChI is InChI=1S/C15H17N3O/c16-9-11-1-2-13-8-14(4-3-12(13)7-11)18-6-5-17-10-15(18)19/h1-2,7,14,17H,3-6,8,10H2/t14-/m1/s1. The number of piperazine rings is 1. The predicted octanol–water partition coefficient (Wildman–Crippen LogP) is 0.847. The SMILES string of the molecule is N#Cc1ccc2c(c1)CC[C@@H](N1CCNCC1=O)C2. The lowest BCUT2D eigenvalue weighted by Crippen LogP contribution is -2.53. The molecule has 0 radical (unpaired) electrons. The van der Waals surface area contributed by atoms with Gasteiger partial charge in [0.1, 0.15) is 0 Å². The quantitative estimate of drug-likeness (QED) is 0.809. The summed E-state index contributed by atoms with van der Waals surface area (Å²) in [5.41, 5.74) is 3.30. The Kier molecular flexibility index (Phi) is 3.22. The Morgan fingerprint density at radius 1 is 1.37 bits per heavy atom. The molecule has 19 heavy (non-hydrogen) atoms. The average molecular weight is 255 g/mol. The molecule has 1 saturated heterocycles. The van der Waals surface area contributed by atoms with Gasteiger partial charge in [-0.15, -0.1) is 0 Å². The maximum atomic E-state index is 11.9. The average Bonchev–Trinajstić information content (AvgIpc) is 2.46. The van der Waals surface area contributed by atoms with Gasteiger partial charge in [-0.25, -0.2) is 0 Å². The molecule has 4 heteroatoms. The minimum absolute atomic E-state index is 0.216. The number of hydrogen-bond acceptors (Lipinski definition) is 3. The summed E-state index contributed by atoms with van der Waals surface area (Å²) in [7, 11) is 0. The number of benzene rings is 1. The van der Waals surface area contributed by atoms with Gasteiger partial charge in [-0.2, -0.15) is 5.26 Å². The molecule has 98 valence electrons. The Hall–Kier alpha value is -1.86. The van der Waals surface area contributed by atoms with E-state index in [1.54, 1.807) is 0 Å². The van der Waals surface area contributed by atoms with Crippen molar-refractivity contribution >= 4 is 5.91 Å². The number of fused-ring (bicyclic) bond motifs is 1. The molecule has 2 aliphatic rings. The monoisotopic (exact) mass is 255 g/mol.